The maximum Gasteiger partial charge on any atom is 0.547 e. The number of benzene rings is 1. The van der Waals surface area contributed by atoms with Gasteiger partial charge in [-0.1, -0.05) is 12.1 Å². The van der Waals surface area contributed by atoms with Gasteiger partial charge in [0.2, 0.25) is 0 Å². The van der Waals surface area contributed by atoms with Gasteiger partial charge >= 0.3 is 13.1 Å². The number of hydrogen-bond donors (Lipinski definition) is 5. The molecular formula is C14H13BN4O5S. The van der Waals surface area contributed by atoms with Crippen molar-refractivity contribution in [2.45, 2.75) is 12.4 Å². The van der Waals surface area contributed by atoms with Crippen LogP contribution in [0.3, 0.4) is 0 Å². The van der Waals surface area contributed by atoms with E-state index in [4.69, 9.17) is 20.9 Å². The number of nitrogen functional groups attached to an aromatic ring is 1. The number of para-hydroxylation sites is 1. The molecule has 25 heavy (non-hydrogen) atoms. The fourth-order valence-corrected chi connectivity index (χ4v) is 3.03. The molecule has 0 saturated heterocycles. The molecule has 3 rings (SSSR count). The number of amides is 1. The summed E-state index contributed by atoms with van der Waals surface area (Å²) in [5, 5.41) is 31.3. The van der Waals surface area contributed by atoms with Gasteiger partial charge in [0.15, 0.2) is 5.13 Å². The van der Waals surface area contributed by atoms with Crippen LogP contribution in [0.2, 0.25) is 0 Å². The average Bonchev–Trinajstić information content (AvgIpc) is 3.00. The summed E-state index contributed by atoms with van der Waals surface area (Å²) in [7, 11) is -1.44. The van der Waals surface area contributed by atoms with Crippen LogP contribution in [0.4, 0.5) is 5.13 Å². The molecule has 128 valence electrons. The Morgan fingerprint density at radius 1 is 1.48 bits per heavy atom. The number of nitrogens with zero attached hydrogens (tertiary/aromatic N) is 1. The fraction of sp³-hybridized carbons (Fsp3) is 0.143. The van der Waals surface area contributed by atoms with Crippen molar-refractivity contribution in [3.63, 3.8) is 0 Å². The summed E-state index contributed by atoms with van der Waals surface area (Å²) in [4.78, 5) is 27.3. The molecule has 0 radical (unpaired) electrons. The monoisotopic (exact) mass is 360 g/mol. The van der Waals surface area contributed by atoms with Crippen LogP contribution in [0.1, 0.15) is 21.6 Å². The van der Waals surface area contributed by atoms with E-state index in [9.17, 15) is 14.6 Å². The van der Waals surface area contributed by atoms with Crippen molar-refractivity contribution in [2.24, 2.45) is 0 Å². The molecule has 0 aliphatic carbocycles. The van der Waals surface area contributed by atoms with Gasteiger partial charge in [0.05, 0.1) is 11.5 Å². The summed E-state index contributed by atoms with van der Waals surface area (Å²) in [5.41, 5.74) is 5.72. The van der Waals surface area contributed by atoms with Crippen molar-refractivity contribution in [3.8, 4) is 5.75 Å². The van der Waals surface area contributed by atoms with Gasteiger partial charge in [0, 0.05) is 5.38 Å². The zero-order chi connectivity index (χ0) is 18.1. The van der Waals surface area contributed by atoms with Gasteiger partial charge in [-0.2, -0.15) is 0 Å². The summed E-state index contributed by atoms with van der Waals surface area (Å²) >= 11 is 1.11. The molecular weight excluding hydrogens is 347 g/mol. The van der Waals surface area contributed by atoms with Crippen molar-refractivity contribution in [1.82, 2.24) is 10.3 Å². The summed E-state index contributed by atoms with van der Waals surface area (Å²) in [6.07, 6.45) is 0.163. The molecule has 1 aliphatic heterocycles. The number of aromatic carboxylic acids is 1. The number of rotatable bonds is 4. The molecule has 1 aliphatic rings. The van der Waals surface area contributed by atoms with E-state index in [-0.39, 0.29) is 34.3 Å². The standard InChI is InChI=1S/C14H13BN4O5S/c16-10(8-5-25-14(17)18-8)12(20)19-9-4-6-2-1-3-7(13(21)22)11(6)24-15(9)23/h1-3,5,9,16,23H,4H2,(H2,17,18)(H,19,20)(H,21,22)/t9-/m0/s1. The summed E-state index contributed by atoms with van der Waals surface area (Å²) in [5.74, 6) is -2.67. The fourth-order valence-electron chi connectivity index (χ4n) is 2.48. The molecule has 0 fully saturated rings. The smallest absolute Gasteiger partial charge is 0.534 e. The SMILES string of the molecule is N=C(C(=O)N[C@H]1Cc2cccc(C(=O)O)c2OB1O)c1csc(N)n1. The first-order chi connectivity index (χ1) is 11.9. The molecule has 9 nitrogen and oxygen atoms in total. The molecule has 2 aromatic rings. The predicted molar refractivity (Wildman–Crippen MR) is 91.0 cm³/mol. The molecule has 11 heteroatoms. The zero-order valence-corrected chi connectivity index (χ0v) is 13.5. The highest BCUT2D eigenvalue weighted by Gasteiger charge is 2.38. The Morgan fingerprint density at radius 2 is 2.24 bits per heavy atom. The Balaban J connectivity index is 1.76. The minimum Gasteiger partial charge on any atom is -0.534 e. The van der Waals surface area contributed by atoms with Crippen molar-refractivity contribution < 1.29 is 24.4 Å². The second-order valence-electron chi connectivity index (χ2n) is 5.34. The van der Waals surface area contributed by atoms with E-state index in [1.165, 1.54) is 11.4 Å². The van der Waals surface area contributed by atoms with E-state index < -0.39 is 24.9 Å². The zero-order valence-electron chi connectivity index (χ0n) is 12.7. The van der Waals surface area contributed by atoms with Crippen molar-refractivity contribution >= 4 is 41.2 Å². The Kier molecular flexibility index (Phi) is 4.42. The van der Waals surface area contributed by atoms with Gasteiger partial charge in [0.25, 0.3) is 5.91 Å². The highest BCUT2D eigenvalue weighted by Crippen LogP contribution is 2.30. The van der Waals surface area contributed by atoms with Crippen molar-refractivity contribution in [3.05, 3.63) is 40.4 Å². The Morgan fingerprint density at radius 3 is 2.88 bits per heavy atom. The second-order valence-corrected chi connectivity index (χ2v) is 6.23. The van der Waals surface area contributed by atoms with Gasteiger partial charge in [-0.15, -0.1) is 11.3 Å². The van der Waals surface area contributed by atoms with E-state index >= 15 is 0 Å². The van der Waals surface area contributed by atoms with E-state index in [2.05, 4.69) is 10.3 Å². The van der Waals surface area contributed by atoms with Gasteiger partial charge in [-0.3, -0.25) is 10.2 Å². The lowest BCUT2D eigenvalue weighted by atomic mass is 9.72. The number of thiazole rings is 1. The number of carboxylic acids is 1. The maximum absolute atomic E-state index is 12.2. The van der Waals surface area contributed by atoms with Crippen LogP contribution in [0.5, 0.6) is 5.75 Å². The highest BCUT2D eigenvalue weighted by molar-refractivity contribution is 7.13. The van der Waals surface area contributed by atoms with Crippen LogP contribution in [-0.2, 0) is 11.2 Å². The van der Waals surface area contributed by atoms with Gasteiger partial charge in [-0.05, 0) is 18.1 Å². The molecule has 2 heterocycles. The number of nitrogens with one attached hydrogen (secondary N) is 2. The minimum absolute atomic E-state index is 0.0629. The van der Waals surface area contributed by atoms with Crippen LogP contribution in [0.15, 0.2) is 23.6 Å². The third kappa shape index (κ3) is 3.32. The first-order valence-corrected chi connectivity index (χ1v) is 8.05. The molecule has 0 bridgehead atoms. The number of carboxylic acid groups (broad SMARTS) is 1. The van der Waals surface area contributed by atoms with Crippen LogP contribution < -0.4 is 15.7 Å². The number of carbonyl (C=O) groups excluding carboxylic acids is 1. The summed E-state index contributed by atoms with van der Waals surface area (Å²) < 4.78 is 5.28. The number of carbonyl (C=O) groups is 2. The predicted octanol–water partition coefficient (Wildman–Crippen LogP) is -0.0690. The molecule has 1 amide bonds. The van der Waals surface area contributed by atoms with Crippen molar-refractivity contribution in [2.75, 3.05) is 5.73 Å². The molecule has 1 aromatic heterocycles. The largest absolute Gasteiger partial charge is 0.547 e. The molecule has 0 spiro atoms. The lowest BCUT2D eigenvalue weighted by Crippen LogP contribution is -2.54. The van der Waals surface area contributed by atoms with Crippen LogP contribution in [-0.4, -0.2) is 45.8 Å². The number of aromatic nitrogens is 1. The van der Waals surface area contributed by atoms with Gasteiger partial charge in [-0.25, -0.2) is 9.78 Å². The number of anilines is 1. The molecule has 1 atom stereocenters. The van der Waals surface area contributed by atoms with E-state index in [1.54, 1.807) is 12.1 Å². The topological polar surface area (TPSA) is 159 Å². The van der Waals surface area contributed by atoms with E-state index in [0.717, 1.165) is 11.3 Å². The first-order valence-electron chi connectivity index (χ1n) is 7.17. The summed E-state index contributed by atoms with van der Waals surface area (Å²) in [6.45, 7) is 0. The average molecular weight is 360 g/mol. The van der Waals surface area contributed by atoms with E-state index in [1.807, 2.05) is 0 Å². The highest BCUT2D eigenvalue weighted by atomic mass is 32.1. The van der Waals surface area contributed by atoms with Gasteiger partial charge < -0.3 is 25.8 Å². The number of hydrogen-bond acceptors (Lipinski definition) is 8. The van der Waals surface area contributed by atoms with Crippen LogP contribution >= 0.6 is 11.3 Å². The Hall–Kier alpha value is -2.92. The third-order valence-electron chi connectivity index (χ3n) is 3.67. The number of nitrogens with two attached hydrogens (primary N) is 1. The van der Waals surface area contributed by atoms with Gasteiger partial charge in [0.1, 0.15) is 17.2 Å². The first kappa shape index (κ1) is 16.9. The Bertz CT molecular complexity index is 871. The lowest BCUT2D eigenvalue weighted by molar-refractivity contribution is -0.115. The van der Waals surface area contributed by atoms with E-state index in [0.29, 0.717) is 5.56 Å². The van der Waals surface area contributed by atoms with Crippen molar-refractivity contribution in [1.29, 1.82) is 5.41 Å². The third-order valence-corrected chi connectivity index (χ3v) is 4.35. The van der Waals surface area contributed by atoms with Crippen LogP contribution in [0.25, 0.3) is 0 Å². The lowest BCUT2D eigenvalue weighted by Gasteiger charge is -2.28. The quantitative estimate of drug-likeness (QED) is 0.377. The molecule has 6 N–H and O–H groups in total. The normalized spacial score (nSPS) is 15.9. The maximum atomic E-state index is 12.2. The summed E-state index contributed by atoms with van der Waals surface area (Å²) in [6, 6.07) is 4.58. The minimum atomic E-state index is -1.44. The van der Waals surface area contributed by atoms with Crippen LogP contribution in [0, 0.1) is 5.41 Å². The Labute approximate surface area is 146 Å². The molecule has 0 saturated carbocycles. The second kappa shape index (κ2) is 6.53. The number of fused-ring (bicyclic) bond motifs is 1. The molecule has 0 unspecified atom stereocenters. The molecule has 1 aromatic carbocycles.